The molecule has 1 heterocycles. The van der Waals surface area contributed by atoms with Crippen molar-refractivity contribution in [3.8, 4) is 0 Å². The predicted molar refractivity (Wildman–Crippen MR) is 71.7 cm³/mol. The van der Waals surface area contributed by atoms with Crippen LogP contribution < -0.4 is 5.32 Å². The van der Waals surface area contributed by atoms with Crippen LogP contribution in [0.1, 0.15) is 16.1 Å². The molecule has 4 nitrogen and oxygen atoms in total. The van der Waals surface area contributed by atoms with Crippen LogP contribution in [0.3, 0.4) is 0 Å². The molecule has 2 aromatic rings. The highest BCUT2D eigenvalue weighted by Gasteiger charge is 2.15. The number of hydrogen-bond donors (Lipinski definition) is 1. The summed E-state index contributed by atoms with van der Waals surface area (Å²) in [5.74, 6) is -0.218. The molecule has 0 bridgehead atoms. The average molecular weight is 309 g/mol. The number of carbonyl (C=O) groups excluding carboxylic acids is 1. The van der Waals surface area contributed by atoms with Crippen molar-refractivity contribution >= 4 is 21.8 Å². The molecule has 0 spiro atoms. The molecule has 94 valence electrons. The Kier molecular flexibility index (Phi) is 4.52. The molecule has 0 saturated carbocycles. The molecule has 0 saturated heterocycles. The quantitative estimate of drug-likeness (QED) is 0.863. The maximum absolute atomic E-state index is 11.8. The van der Waals surface area contributed by atoms with E-state index in [1.54, 1.807) is 6.07 Å². The highest BCUT2D eigenvalue weighted by Crippen LogP contribution is 2.06. The molecule has 1 aromatic heterocycles. The van der Waals surface area contributed by atoms with Gasteiger partial charge in [0.15, 0.2) is 5.69 Å². The summed E-state index contributed by atoms with van der Waals surface area (Å²) in [6.45, 7) is 0. The molecule has 1 unspecified atom stereocenters. The van der Waals surface area contributed by atoms with Crippen LogP contribution in [-0.4, -0.2) is 22.4 Å². The maximum atomic E-state index is 11.8. The molecule has 2 rings (SSSR count). The Labute approximate surface area is 113 Å². The van der Waals surface area contributed by atoms with Crippen LogP contribution in [0.2, 0.25) is 0 Å². The molecule has 0 aliphatic rings. The molecule has 1 aromatic carbocycles. The number of amides is 1. The minimum atomic E-state index is -0.218. The van der Waals surface area contributed by atoms with Gasteiger partial charge in [-0.2, -0.15) is 0 Å². The van der Waals surface area contributed by atoms with Crippen LogP contribution in [-0.2, 0) is 6.42 Å². The van der Waals surface area contributed by atoms with Gasteiger partial charge < -0.3 is 9.84 Å². The first kappa shape index (κ1) is 12.8. The summed E-state index contributed by atoms with van der Waals surface area (Å²) in [7, 11) is 0. The van der Waals surface area contributed by atoms with Crippen LogP contribution in [0.5, 0.6) is 0 Å². The van der Waals surface area contributed by atoms with Crippen molar-refractivity contribution in [2.75, 3.05) is 5.33 Å². The Hall–Kier alpha value is -1.62. The summed E-state index contributed by atoms with van der Waals surface area (Å²) in [5.41, 5.74) is 1.48. The number of rotatable bonds is 5. The van der Waals surface area contributed by atoms with Gasteiger partial charge in [-0.1, -0.05) is 51.4 Å². The maximum Gasteiger partial charge on any atom is 0.273 e. The molecule has 18 heavy (non-hydrogen) atoms. The fourth-order valence-electron chi connectivity index (χ4n) is 1.63. The van der Waals surface area contributed by atoms with Crippen LogP contribution >= 0.6 is 15.9 Å². The van der Waals surface area contributed by atoms with Gasteiger partial charge in [-0.05, 0) is 12.0 Å². The number of halogens is 1. The third-order valence-electron chi connectivity index (χ3n) is 2.52. The molecule has 5 heteroatoms. The van der Waals surface area contributed by atoms with Crippen LogP contribution in [0.15, 0.2) is 47.2 Å². The van der Waals surface area contributed by atoms with E-state index in [9.17, 15) is 4.79 Å². The van der Waals surface area contributed by atoms with Gasteiger partial charge in [-0.3, -0.25) is 4.79 Å². The summed E-state index contributed by atoms with van der Waals surface area (Å²) < 4.78 is 4.65. The number of benzene rings is 1. The fourth-order valence-corrected chi connectivity index (χ4v) is 2.02. The summed E-state index contributed by atoms with van der Waals surface area (Å²) in [6, 6.07) is 11.6. The summed E-state index contributed by atoms with van der Waals surface area (Å²) in [5, 5.41) is 7.20. The largest absolute Gasteiger partial charge is 0.364 e. The first-order valence-electron chi connectivity index (χ1n) is 5.60. The van der Waals surface area contributed by atoms with Gasteiger partial charge in [-0.25, -0.2) is 0 Å². The zero-order chi connectivity index (χ0) is 12.8. The molecule has 1 amide bonds. The normalized spacial score (nSPS) is 12.1. The smallest absolute Gasteiger partial charge is 0.273 e. The van der Waals surface area contributed by atoms with E-state index in [0.29, 0.717) is 11.0 Å². The zero-order valence-electron chi connectivity index (χ0n) is 9.67. The first-order valence-corrected chi connectivity index (χ1v) is 6.73. The second-order valence-electron chi connectivity index (χ2n) is 3.90. The molecule has 0 aliphatic carbocycles. The van der Waals surface area contributed by atoms with E-state index in [0.717, 1.165) is 6.42 Å². The highest BCUT2D eigenvalue weighted by atomic mass is 79.9. The lowest BCUT2D eigenvalue weighted by Gasteiger charge is -2.15. The number of aromatic nitrogens is 1. The molecule has 0 fully saturated rings. The standard InChI is InChI=1S/C13H13BrN2O2/c14-9-11(8-10-4-2-1-3-5-10)15-13(17)12-6-7-18-16-12/h1-7,11H,8-9H2,(H,15,17). The van der Waals surface area contributed by atoms with Crippen molar-refractivity contribution < 1.29 is 9.32 Å². The zero-order valence-corrected chi connectivity index (χ0v) is 11.3. The van der Waals surface area contributed by atoms with Gasteiger partial charge in [0.1, 0.15) is 6.26 Å². The Bertz CT molecular complexity index is 485. The Balaban J connectivity index is 1.96. The minimum Gasteiger partial charge on any atom is -0.364 e. The molecular formula is C13H13BrN2O2. The third kappa shape index (κ3) is 3.43. The van der Waals surface area contributed by atoms with Gasteiger partial charge in [-0.15, -0.1) is 0 Å². The van der Waals surface area contributed by atoms with E-state index in [-0.39, 0.29) is 11.9 Å². The Morgan fingerprint density at radius 1 is 1.33 bits per heavy atom. The van der Waals surface area contributed by atoms with Crippen molar-refractivity contribution in [3.63, 3.8) is 0 Å². The van der Waals surface area contributed by atoms with E-state index < -0.39 is 0 Å². The summed E-state index contributed by atoms with van der Waals surface area (Å²) >= 11 is 3.41. The van der Waals surface area contributed by atoms with Gasteiger partial charge >= 0.3 is 0 Å². The lowest BCUT2D eigenvalue weighted by atomic mass is 10.1. The molecule has 0 radical (unpaired) electrons. The van der Waals surface area contributed by atoms with Crippen molar-refractivity contribution in [2.24, 2.45) is 0 Å². The van der Waals surface area contributed by atoms with Gasteiger partial charge in [0.2, 0.25) is 0 Å². The number of hydrogen-bond acceptors (Lipinski definition) is 3. The second kappa shape index (κ2) is 6.35. The minimum absolute atomic E-state index is 0.0246. The molecular weight excluding hydrogens is 296 g/mol. The number of nitrogens with zero attached hydrogens (tertiary/aromatic N) is 1. The van der Waals surface area contributed by atoms with Crippen molar-refractivity contribution in [1.29, 1.82) is 0 Å². The van der Waals surface area contributed by atoms with Gasteiger partial charge in [0.25, 0.3) is 5.91 Å². The van der Waals surface area contributed by atoms with E-state index in [1.807, 2.05) is 30.3 Å². The van der Waals surface area contributed by atoms with E-state index in [1.165, 1.54) is 11.8 Å². The second-order valence-corrected chi connectivity index (χ2v) is 4.55. The predicted octanol–water partition coefficient (Wildman–Crippen LogP) is 2.41. The van der Waals surface area contributed by atoms with Gasteiger partial charge in [0.05, 0.1) is 0 Å². The Morgan fingerprint density at radius 3 is 2.72 bits per heavy atom. The van der Waals surface area contributed by atoms with E-state index in [4.69, 9.17) is 0 Å². The summed E-state index contributed by atoms with van der Waals surface area (Å²) in [4.78, 5) is 11.8. The lowest BCUT2D eigenvalue weighted by molar-refractivity contribution is 0.0932. The lowest BCUT2D eigenvalue weighted by Crippen LogP contribution is -2.37. The topological polar surface area (TPSA) is 55.1 Å². The average Bonchev–Trinajstić information content (AvgIpc) is 2.93. The van der Waals surface area contributed by atoms with Crippen LogP contribution in [0.4, 0.5) is 0 Å². The molecule has 0 aliphatic heterocycles. The van der Waals surface area contributed by atoms with Gasteiger partial charge in [0, 0.05) is 17.4 Å². The van der Waals surface area contributed by atoms with E-state index >= 15 is 0 Å². The monoisotopic (exact) mass is 308 g/mol. The van der Waals surface area contributed by atoms with Crippen molar-refractivity contribution in [3.05, 3.63) is 53.9 Å². The van der Waals surface area contributed by atoms with Crippen LogP contribution in [0.25, 0.3) is 0 Å². The third-order valence-corrected chi connectivity index (χ3v) is 3.30. The SMILES string of the molecule is O=C(NC(CBr)Cc1ccccc1)c1ccon1. The fraction of sp³-hybridized carbons (Fsp3) is 0.231. The Morgan fingerprint density at radius 2 is 2.11 bits per heavy atom. The highest BCUT2D eigenvalue weighted by molar-refractivity contribution is 9.09. The first-order chi connectivity index (χ1) is 8.79. The van der Waals surface area contributed by atoms with E-state index in [2.05, 4.69) is 30.9 Å². The van der Waals surface area contributed by atoms with Crippen LogP contribution in [0, 0.1) is 0 Å². The summed E-state index contributed by atoms with van der Waals surface area (Å²) in [6.07, 6.45) is 2.16. The number of nitrogens with one attached hydrogen (secondary N) is 1. The molecule has 1 N–H and O–H groups in total. The number of alkyl halides is 1. The molecule has 1 atom stereocenters. The number of carbonyl (C=O) groups is 1. The van der Waals surface area contributed by atoms with Crippen molar-refractivity contribution in [2.45, 2.75) is 12.5 Å². The van der Waals surface area contributed by atoms with Crippen molar-refractivity contribution in [1.82, 2.24) is 10.5 Å².